The molecule has 0 unspecified atom stereocenters. The molecule has 0 spiro atoms. The van der Waals surface area contributed by atoms with Crippen LogP contribution in [-0.4, -0.2) is 48.9 Å². The number of esters is 1. The maximum Gasteiger partial charge on any atom is 0.312 e. The second-order valence-electron chi connectivity index (χ2n) is 9.86. The van der Waals surface area contributed by atoms with Gasteiger partial charge in [-0.3, -0.25) is 9.36 Å². The van der Waals surface area contributed by atoms with Crippen LogP contribution in [0.5, 0.6) is 0 Å². The number of terminal acetylenes is 1. The topological polar surface area (TPSA) is 125 Å². The Balaban J connectivity index is 1.37. The Kier molecular flexibility index (Phi) is 11.1. The maximum absolute atomic E-state index is 13.7. The van der Waals surface area contributed by atoms with Gasteiger partial charge in [0.15, 0.2) is 22.6 Å². The number of carbonyl (C=O) groups excluding carboxylic acids is 1. The van der Waals surface area contributed by atoms with E-state index in [9.17, 15) is 14.3 Å². The highest BCUT2D eigenvalue weighted by Gasteiger charge is 2.49. The van der Waals surface area contributed by atoms with Gasteiger partial charge in [-0.1, -0.05) is 83.5 Å². The molecule has 204 valence electrons. The van der Waals surface area contributed by atoms with Gasteiger partial charge in [-0.2, -0.15) is 14.4 Å². The number of hydrogen-bond acceptors (Lipinski definition) is 8. The second kappa shape index (κ2) is 14.2. The van der Waals surface area contributed by atoms with Crippen molar-refractivity contribution < 1.29 is 23.8 Å². The lowest BCUT2D eigenvalue weighted by atomic mass is 9.99. The minimum Gasteiger partial charge on any atom is -0.461 e. The summed E-state index contributed by atoms with van der Waals surface area (Å²) in [4.78, 5) is 23.6. The summed E-state index contributed by atoms with van der Waals surface area (Å²) >= 11 is 0. The number of nitrogens with zero attached hydrogens (tertiary/aromatic N) is 4. The zero-order valence-corrected chi connectivity index (χ0v) is 21.8. The average molecular weight is 518 g/mol. The quantitative estimate of drug-likeness (QED) is 0.140. The van der Waals surface area contributed by atoms with E-state index in [2.05, 4.69) is 27.8 Å². The fraction of sp³-hybridized carbons (Fsp3) is 0.704. The van der Waals surface area contributed by atoms with Gasteiger partial charge in [0.25, 0.3) is 0 Å². The van der Waals surface area contributed by atoms with E-state index in [1.807, 2.05) is 0 Å². The molecule has 2 aromatic rings. The first-order valence-electron chi connectivity index (χ1n) is 13.5. The molecule has 9 nitrogen and oxygen atoms in total. The summed E-state index contributed by atoms with van der Waals surface area (Å²) in [5, 5.41) is 10.7. The van der Waals surface area contributed by atoms with Crippen molar-refractivity contribution in [2.75, 3.05) is 12.3 Å². The van der Waals surface area contributed by atoms with Crippen LogP contribution in [-0.2, 0) is 14.3 Å². The fourth-order valence-electron chi connectivity index (χ4n) is 4.71. The van der Waals surface area contributed by atoms with Crippen molar-refractivity contribution in [3.8, 4) is 12.3 Å². The van der Waals surface area contributed by atoms with Crippen LogP contribution >= 0.6 is 0 Å². The zero-order valence-electron chi connectivity index (χ0n) is 21.8. The number of halogens is 1. The number of rotatable bonds is 16. The largest absolute Gasteiger partial charge is 0.461 e. The highest BCUT2D eigenvalue weighted by molar-refractivity contribution is 5.81. The predicted octanol–water partition coefficient (Wildman–Crippen LogP) is 4.83. The fourth-order valence-corrected chi connectivity index (χ4v) is 4.71. The van der Waals surface area contributed by atoms with Gasteiger partial charge < -0.3 is 20.3 Å². The minimum atomic E-state index is -1.52. The van der Waals surface area contributed by atoms with Crippen molar-refractivity contribution in [3.63, 3.8) is 0 Å². The smallest absolute Gasteiger partial charge is 0.312 e. The van der Waals surface area contributed by atoms with Crippen LogP contribution in [0.2, 0.25) is 0 Å². The van der Waals surface area contributed by atoms with Crippen LogP contribution in [0.4, 0.5) is 10.2 Å². The number of hydrogen-bond donors (Lipinski definition) is 2. The van der Waals surface area contributed by atoms with E-state index < -0.39 is 24.0 Å². The third-order valence-electron chi connectivity index (χ3n) is 6.97. The molecule has 0 saturated carbocycles. The van der Waals surface area contributed by atoms with Gasteiger partial charge in [0.2, 0.25) is 0 Å². The summed E-state index contributed by atoms with van der Waals surface area (Å²) in [5.41, 5.74) is 4.53. The van der Waals surface area contributed by atoms with Crippen LogP contribution in [0, 0.1) is 18.4 Å². The van der Waals surface area contributed by atoms with E-state index in [0.717, 1.165) is 19.3 Å². The Morgan fingerprint density at radius 3 is 2.43 bits per heavy atom. The van der Waals surface area contributed by atoms with E-state index in [1.54, 1.807) is 0 Å². The average Bonchev–Trinajstić information content (AvgIpc) is 3.44. The van der Waals surface area contributed by atoms with Crippen LogP contribution < -0.4 is 5.73 Å². The summed E-state index contributed by atoms with van der Waals surface area (Å²) in [6, 6.07) is 0. The molecule has 3 heterocycles. The Labute approximate surface area is 218 Å². The number of aromatic nitrogens is 4. The molecule has 0 radical (unpaired) electrons. The van der Waals surface area contributed by atoms with Gasteiger partial charge >= 0.3 is 12.0 Å². The van der Waals surface area contributed by atoms with Crippen LogP contribution in [0.25, 0.3) is 11.2 Å². The molecule has 2 aromatic heterocycles. The molecule has 0 bridgehead atoms. The zero-order chi connectivity index (χ0) is 26.7. The molecule has 1 aliphatic rings. The summed E-state index contributed by atoms with van der Waals surface area (Å²) in [5.74, 6) is 1.97. The monoisotopic (exact) mass is 517 g/mol. The van der Waals surface area contributed by atoms with Crippen molar-refractivity contribution in [3.05, 3.63) is 12.4 Å². The molecule has 1 saturated heterocycles. The molecule has 0 aromatic carbocycles. The van der Waals surface area contributed by atoms with Gasteiger partial charge in [0.1, 0.15) is 18.9 Å². The number of ether oxygens (including phenoxy) is 2. The third-order valence-corrected chi connectivity index (χ3v) is 6.97. The number of fused-ring (bicyclic) bond motifs is 1. The van der Waals surface area contributed by atoms with Crippen molar-refractivity contribution in [1.29, 1.82) is 0 Å². The normalized spacial score (nSPS) is 21.4. The van der Waals surface area contributed by atoms with Crippen molar-refractivity contribution >= 4 is 23.0 Å². The molecular formula is C27H40FN5O4. The Morgan fingerprint density at radius 1 is 1.19 bits per heavy atom. The van der Waals surface area contributed by atoms with E-state index in [1.165, 1.54) is 68.7 Å². The molecule has 3 atom stereocenters. The molecule has 0 aliphatic carbocycles. The summed E-state index contributed by atoms with van der Waals surface area (Å²) in [6.45, 7) is 1.96. The first kappa shape index (κ1) is 28.8. The molecule has 3 N–H and O–H groups in total. The third kappa shape index (κ3) is 7.86. The molecule has 1 aliphatic heterocycles. The van der Waals surface area contributed by atoms with E-state index in [-0.39, 0.29) is 36.0 Å². The number of nitrogens with two attached hydrogens (primary N) is 1. The minimum absolute atomic E-state index is 0.0808. The van der Waals surface area contributed by atoms with Gasteiger partial charge in [0, 0.05) is 12.8 Å². The molecule has 37 heavy (non-hydrogen) atoms. The van der Waals surface area contributed by atoms with Crippen molar-refractivity contribution in [2.24, 2.45) is 0 Å². The summed E-state index contributed by atoms with van der Waals surface area (Å²) in [7, 11) is 0. The lowest BCUT2D eigenvalue weighted by Crippen LogP contribution is -2.43. The first-order chi connectivity index (χ1) is 17.9. The SMILES string of the molecule is C#C[C@]1(COC(=O)CCCCCCCCCCCCCC)O[C@@H](n2cnc3c(N)nc(F)nc32)C[C@@H]1O. The van der Waals surface area contributed by atoms with E-state index in [4.69, 9.17) is 21.6 Å². The lowest BCUT2D eigenvalue weighted by molar-refractivity contribution is -0.156. The lowest BCUT2D eigenvalue weighted by Gasteiger charge is -2.26. The maximum atomic E-state index is 13.7. The van der Waals surface area contributed by atoms with Gasteiger partial charge in [0.05, 0.1) is 6.33 Å². The van der Waals surface area contributed by atoms with Gasteiger partial charge in [-0.15, -0.1) is 6.42 Å². The van der Waals surface area contributed by atoms with Crippen LogP contribution in [0.3, 0.4) is 0 Å². The second-order valence-corrected chi connectivity index (χ2v) is 9.86. The number of aliphatic hydroxyl groups is 1. The van der Waals surface area contributed by atoms with Crippen LogP contribution in [0.1, 0.15) is 103 Å². The number of anilines is 1. The molecular weight excluding hydrogens is 477 g/mol. The summed E-state index contributed by atoms with van der Waals surface area (Å²) < 4.78 is 26.5. The number of nitrogen functional groups attached to an aromatic ring is 1. The number of unbranched alkanes of at least 4 members (excludes halogenated alkanes) is 11. The van der Waals surface area contributed by atoms with E-state index >= 15 is 0 Å². The van der Waals surface area contributed by atoms with Crippen molar-refractivity contribution in [1.82, 2.24) is 19.5 Å². The summed E-state index contributed by atoms with van der Waals surface area (Å²) in [6.07, 6.45) is 19.1. The standard InChI is InChI=1S/C27H40FN5O4/c1-3-5-6-7-8-9-10-11-12-13-14-15-16-22(35)36-18-27(4-2)20(34)17-21(37-27)33-19-30-23-24(29)31-26(28)32-25(23)33/h2,19-21,34H,3,5-18H2,1H3,(H2,29,31,32)/t20-,21+,27+/m0/s1. The van der Waals surface area contributed by atoms with Gasteiger partial charge in [-0.05, 0) is 6.42 Å². The Morgan fingerprint density at radius 2 is 1.81 bits per heavy atom. The van der Waals surface area contributed by atoms with Crippen molar-refractivity contribution in [2.45, 2.75) is 115 Å². The molecule has 10 heteroatoms. The molecule has 3 rings (SSSR count). The number of carbonyl (C=O) groups is 1. The highest BCUT2D eigenvalue weighted by Crippen LogP contribution is 2.38. The highest BCUT2D eigenvalue weighted by atomic mass is 19.1. The Hall–Kier alpha value is -2.77. The molecule has 1 fully saturated rings. The number of imidazole rings is 1. The molecule has 0 amide bonds. The Bertz CT molecular complexity index is 1060. The van der Waals surface area contributed by atoms with E-state index in [0.29, 0.717) is 6.42 Å². The van der Waals surface area contributed by atoms with Gasteiger partial charge in [-0.25, -0.2) is 4.98 Å². The van der Waals surface area contributed by atoms with Crippen LogP contribution in [0.15, 0.2) is 6.33 Å². The predicted molar refractivity (Wildman–Crippen MR) is 139 cm³/mol. The number of aliphatic hydroxyl groups excluding tert-OH is 1. The first-order valence-corrected chi connectivity index (χ1v) is 13.5.